The van der Waals surface area contributed by atoms with E-state index in [0.717, 1.165) is 32.8 Å². The molecule has 0 heterocycles. The second-order valence-corrected chi connectivity index (χ2v) is 13.0. The molecule has 0 fully saturated rings. The second kappa shape index (κ2) is 9.42. The Hall–Kier alpha value is 0.290. The molecule has 0 amide bonds. The molecule has 11 heteroatoms. The van der Waals surface area contributed by atoms with Gasteiger partial charge in [0.2, 0.25) is 0 Å². The number of hydrogen-bond acceptors (Lipinski definition) is 5. The Morgan fingerprint density at radius 1 is 0.828 bits per heavy atom. The van der Waals surface area contributed by atoms with Crippen molar-refractivity contribution in [1.29, 1.82) is 0 Å². The molecule has 0 unspecified atom stereocenters. The first-order valence-corrected chi connectivity index (χ1v) is 14.8. The molecular formula is C18H17I3O6S2. The molecule has 1 aliphatic carbocycles. The molecule has 29 heavy (non-hydrogen) atoms. The van der Waals surface area contributed by atoms with E-state index in [1.165, 1.54) is 12.1 Å². The minimum absolute atomic E-state index is 0.0767. The number of rotatable bonds is 4. The Labute approximate surface area is 211 Å². The van der Waals surface area contributed by atoms with Gasteiger partial charge in [0.15, 0.2) is 0 Å². The van der Waals surface area contributed by atoms with Gasteiger partial charge in [-0.2, -0.15) is 16.8 Å². The lowest BCUT2D eigenvalue weighted by molar-refractivity contribution is 0.474. The van der Waals surface area contributed by atoms with Gasteiger partial charge in [-0.3, -0.25) is 4.55 Å². The summed E-state index contributed by atoms with van der Waals surface area (Å²) in [6, 6.07) is 5.98. The molecule has 0 bridgehead atoms. The van der Waals surface area contributed by atoms with Gasteiger partial charge in [0.25, 0.3) is 10.1 Å². The summed E-state index contributed by atoms with van der Waals surface area (Å²) < 4.78 is 67.0. The van der Waals surface area contributed by atoms with E-state index < -0.39 is 20.2 Å². The summed E-state index contributed by atoms with van der Waals surface area (Å²) in [7, 11) is -8.53. The van der Waals surface area contributed by atoms with Crippen molar-refractivity contribution >= 4 is 88.0 Å². The van der Waals surface area contributed by atoms with E-state index >= 15 is 0 Å². The smallest absolute Gasteiger partial charge is 0.340 e. The molecule has 1 aliphatic rings. The maximum Gasteiger partial charge on any atom is 0.340 e. The summed E-state index contributed by atoms with van der Waals surface area (Å²) in [5.41, 5.74) is 0.991. The van der Waals surface area contributed by atoms with Crippen molar-refractivity contribution in [2.75, 3.05) is 0 Å². The average molecular weight is 774 g/mol. The molecule has 2 aromatic carbocycles. The predicted octanol–water partition coefficient (Wildman–Crippen LogP) is 5.17. The van der Waals surface area contributed by atoms with E-state index in [0.29, 0.717) is 27.5 Å². The summed E-state index contributed by atoms with van der Waals surface area (Å²) in [5, 5.41) is 0. The molecule has 2 aromatic rings. The lowest BCUT2D eigenvalue weighted by Gasteiger charge is -2.20. The van der Waals surface area contributed by atoms with E-state index in [1.807, 2.05) is 28.7 Å². The van der Waals surface area contributed by atoms with Crippen LogP contribution in [-0.2, 0) is 33.1 Å². The van der Waals surface area contributed by atoms with E-state index in [9.17, 15) is 21.4 Å². The topological polar surface area (TPSA) is 97.7 Å². The number of hydrogen-bond donors (Lipinski definition) is 1. The zero-order valence-electron chi connectivity index (χ0n) is 15.0. The van der Waals surface area contributed by atoms with Crippen LogP contribution in [0.4, 0.5) is 0 Å². The fraction of sp³-hybridized carbons (Fsp3) is 0.333. The molecule has 0 spiro atoms. The zero-order valence-corrected chi connectivity index (χ0v) is 23.1. The molecule has 0 radical (unpaired) electrons. The Kier molecular flexibility index (Phi) is 7.78. The summed E-state index contributed by atoms with van der Waals surface area (Å²) in [4.78, 5) is -0.0922. The first-order chi connectivity index (χ1) is 13.5. The second-order valence-electron chi connectivity index (χ2n) is 6.65. The summed E-state index contributed by atoms with van der Waals surface area (Å²) >= 11 is 6.11. The van der Waals surface area contributed by atoms with Crippen LogP contribution in [0.2, 0.25) is 0 Å². The van der Waals surface area contributed by atoms with E-state index in [4.69, 9.17) is 4.18 Å². The summed E-state index contributed by atoms with van der Waals surface area (Å²) in [6.07, 6.45) is 4.40. The first kappa shape index (κ1) is 23.9. The van der Waals surface area contributed by atoms with Crippen molar-refractivity contribution < 1.29 is 25.6 Å². The highest BCUT2D eigenvalue weighted by molar-refractivity contribution is 14.1. The monoisotopic (exact) mass is 774 g/mol. The quantitative estimate of drug-likeness (QED) is 0.200. The molecule has 3 rings (SSSR count). The van der Waals surface area contributed by atoms with Gasteiger partial charge >= 0.3 is 10.1 Å². The first-order valence-electron chi connectivity index (χ1n) is 8.72. The van der Waals surface area contributed by atoms with Gasteiger partial charge in [0, 0.05) is 16.3 Å². The molecule has 0 aliphatic heterocycles. The fourth-order valence-electron chi connectivity index (χ4n) is 3.35. The van der Waals surface area contributed by atoms with Crippen LogP contribution >= 0.6 is 67.8 Å². The van der Waals surface area contributed by atoms with Gasteiger partial charge < -0.3 is 4.18 Å². The summed E-state index contributed by atoms with van der Waals surface area (Å²) in [6.45, 7) is 0. The predicted molar refractivity (Wildman–Crippen MR) is 135 cm³/mol. The van der Waals surface area contributed by atoms with Gasteiger partial charge in [-0.1, -0.05) is 12.8 Å². The van der Waals surface area contributed by atoms with Crippen molar-refractivity contribution in [1.82, 2.24) is 0 Å². The molecule has 0 saturated carbocycles. The maximum absolute atomic E-state index is 13.0. The van der Waals surface area contributed by atoms with Crippen LogP contribution in [0, 0.1) is 10.7 Å². The molecular weight excluding hydrogens is 757 g/mol. The van der Waals surface area contributed by atoms with Crippen LogP contribution in [0.5, 0.6) is 5.75 Å². The number of fused-ring (bicyclic) bond motifs is 1. The van der Waals surface area contributed by atoms with Crippen LogP contribution in [0.25, 0.3) is 0 Å². The Morgan fingerprint density at radius 3 is 2.07 bits per heavy atom. The van der Waals surface area contributed by atoms with Crippen LogP contribution in [0.1, 0.15) is 36.8 Å². The molecule has 0 aromatic heterocycles. The van der Waals surface area contributed by atoms with Crippen molar-refractivity contribution in [2.24, 2.45) is 0 Å². The SMILES string of the molecule is O=S(=O)(O)c1ccc(OS(=O)(=O)c2cc(I)cc(I)c2I)c2c1CCCCCC2. The van der Waals surface area contributed by atoms with Crippen LogP contribution in [0.15, 0.2) is 34.1 Å². The van der Waals surface area contributed by atoms with E-state index in [2.05, 4.69) is 45.2 Å². The molecule has 1 N–H and O–H groups in total. The van der Waals surface area contributed by atoms with E-state index in [-0.39, 0.29) is 15.5 Å². The average Bonchev–Trinajstić information content (AvgIpc) is 2.57. The zero-order chi connectivity index (χ0) is 21.4. The number of halogens is 3. The Balaban J connectivity index is 2.13. The standard InChI is InChI=1S/C18H17I3O6S2/c19-11-9-14(20)18(21)17(10-11)29(25,26)27-15-7-8-16(28(22,23)24)13-6-4-2-1-3-5-12(13)15/h7-10H,1-6H2,(H,22,23,24). The minimum Gasteiger partial charge on any atom is -0.379 e. The lowest BCUT2D eigenvalue weighted by Crippen LogP contribution is -2.16. The van der Waals surface area contributed by atoms with Gasteiger partial charge in [-0.05, 0) is 123 Å². The normalized spacial score (nSPS) is 15.3. The van der Waals surface area contributed by atoms with Crippen molar-refractivity contribution in [3.8, 4) is 5.75 Å². The van der Waals surface area contributed by atoms with Crippen molar-refractivity contribution in [3.05, 3.63) is 46.1 Å². The third kappa shape index (κ3) is 5.56. The Morgan fingerprint density at radius 2 is 1.45 bits per heavy atom. The van der Waals surface area contributed by atoms with Crippen molar-refractivity contribution in [2.45, 2.75) is 48.3 Å². The van der Waals surface area contributed by atoms with Crippen LogP contribution in [0.3, 0.4) is 0 Å². The molecule has 0 saturated heterocycles. The molecule has 158 valence electrons. The van der Waals surface area contributed by atoms with Gasteiger partial charge in [0.05, 0.1) is 4.90 Å². The fourth-order valence-corrected chi connectivity index (χ4v) is 8.57. The molecule has 6 nitrogen and oxygen atoms in total. The third-order valence-electron chi connectivity index (χ3n) is 4.66. The molecule has 0 atom stereocenters. The highest BCUT2D eigenvalue weighted by atomic mass is 127. The van der Waals surface area contributed by atoms with Gasteiger partial charge in [0.1, 0.15) is 10.6 Å². The third-order valence-corrected chi connectivity index (χ3v) is 10.9. The van der Waals surface area contributed by atoms with Crippen LogP contribution in [-0.4, -0.2) is 21.4 Å². The van der Waals surface area contributed by atoms with E-state index in [1.54, 1.807) is 6.07 Å². The highest BCUT2D eigenvalue weighted by Crippen LogP contribution is 2.35. The van der Waals surface area contributed by atoms with Gasteiger partial charge in [-0.25, -0.2) is 0 Å². The summed E-state index contributed by atoms with van der Waals surface area (Å²) in [5.74, 6) is 0.124. The highest BCUT2D eigenvalue weighted by Gasteiger charge is 2.27. The largest absolute Gasteiger partial charge is 0.379 e. The minimum atomic E-state index is -4.41. The van der Waals surface area contributed by atoms with Crippen LogP contribution < -0.4 is 4.18 Å². The van der Waals surface area contributed by atoms with Gasteiger partial charge in [-0.15, -0.1) is 0 Å². The Bertz CT molecular complexity index is 1160. The number of benzene rings is 2. The maximum atomic E-state index is 13.0. The lowest BCUT2D eigenvalue weighted by atomic mass is 9.92. The van der Waals surface area contributed by atoms with Crippen molar-refractivity contribution in [3.63, 3.8) is 0 Å².